The normalized spacial score (nSPS) is 17.2. The average Bonchev–Trinajstić information content (AvgIpc) is 2.69. The number of rotatable bonds is 2. The molecule has 1 aliphatic rings. The van der Waals surface area contributed by atoms with Crippen molar-refractivity contribution in [2.75, 3.05) is 13.1 Å². The van der Waals surface area contributed by atoms with Crippen LogP contribution in [0.1, 0.15) is 30.7 Å². The number of amides is 1. The molecule has 0 aliphatic carbocycles. The van der Waals surface area contributed by atoms with Crippen molar-refractivity contribution >= 4 is 23.3 Å². The molecule has 2 rings (SSSR count). The van der Waals surface area contributed by atoms with Gasteiger partial charge in [0.05, 0.1) is 11.1 Å². The molecule has 1 aliphatic heterocycles. The van der Waals surface area contributed by atoms with E-state index >= 15 is 0 Å². The summed E-state index contributed by atoms with van der Waals surface area (Å²) in [5.41, 5.74) is 0.0440. The van der Waals surface area contributed by atoms with E-state index in [9.17, 15) is 4.79 Å². The van der Waals surface area contributed by atoms with Crippen molar-refractivity contribution in [2.45, 2.75) is 32.3 Å². The first kappa shape index (κ1) is 13.2. The van der Waals surface area contributed by atoms with Crippen LogP contribution in [0.15, 0.2) is 12.3 Å². The Morgan fingerprint density at radius 3 is 2.72 bits per heavy atom. The number of hydrogen-bond donors (Lipinski definition) is 1. The van der Waals surface area contributed by atoms with Crippen molar-refractivity contribution in [1.82, 2.24) is 9.88 Å². The Kier molecular flexibility index (Phi) is 3.54. The van der Waals surface area contributed by atoms with Crippen LogP contribution >= 0.6 is 11.3 Å². The molecule has 0 aromatic carbocycles. The number of aliphatic hydroxyl groups excluding tert-OH is 1. The van der Waals surface area contributed by atoms with Gasteiger partial charge in [0.2, 0.25) is 5.91 Å². The first-order valence-corrected chi connectivity index (χ1v) is 6.79. The lowest BCUT2D eigenvalue weighted by Crippen LogP contribution is -2.52. The minimum atomic E-state index is -0.349. The molecule has 1 N–H and O–H groups in total. The third-order valence-electron chi connectivity index (χ3n) is 2.73. The van der Waals surface area contributed by atoms with E-state index in [0.29, 0.717) is 13.1 Å². The highest BCUT2D eigenvalue weighted by Gasteiger charge is 2.27. The van der Waals surface area contributed by atoms with Crippen molar-refractivity contribution in [2.24, 2.45) is 0 Å². The molecule has 0 spiro atoms. The maximum atomic E-state index is 11.7. The number of hydrogen-bond acceptors (Lipinski definition) is 4. The summed E-state index contributed by atoms with van der Waals surface area (Å²) in [5.74, 6) is -0.0500. The third kappa shape index (κ3) is 2.97. The molecule has 5 heteroatoms. The number of nitrogens with zero attached hydrogens (tertiary/aromatic N) is 2. The molecule has 4 nitrogen and oxygen atoms in total. The van der Waals surface area contributed by atoms with Crippen molar-refractivity contribution in [1.29, 1.82) is 0 Å². The smallest absolute Gasteiger partial charge is 0.246 e. The van der Waals surface area contributed by atoms with E-state index in [-0.39, 0.29) is 17.4 Å². The molecule has 98 valence electrons. The highest BCUT2D eigenvalue weighted by atomic mass is 32.1. The van der Waals surface area contributed by atoms with Gasteiger partial charge < -0.3 is 10.0 Å². The predicted octanol–water partition coefficient (Wildman–Crippen LogP) is 1.66. The van der Waals surface area contributed by atoms with E-state index < -0.39 is 0 Å². The summed E-state index contributed by atoms with van der Waals surface area (Å²) in [6.07, 6.45) is 4.78. The van der Waals surface area contributed by atoms with Crippen LogP contribution in [0.3, 0.4) is 0 Å². The predicted molar refractivity (Wildman–Crippen MR) is 72.4 cm³/mol. The second-order valence-corrected chi connectivity index (χ2v) is 6.61. The summed E-state index contributed by atoms with van der Waals surface area (Å²) in [4.78, 5) is 18.6. The number of aliphatic hydroxyl groups is 1. The van der Waals surface area contributed by atoms with Crippen molar-refractivity contribution < 1.29 is 9.90 Å². The standard InChI is InChI=1S/C13H18N2O2S/c1-13(2,3)12-14-6-10(18-12)4-5-11(17)15-7-9(16)8-15/h4-6,9,16H,7-8H2,1-3H3/b5-4+. The zero-order valence-corrected chi connectivity index (χ0v) is 11.7. The van der Waals surface area contributed by atoms with Gasteiger partial charge in [-0.15, -0.1) is 11.3 Å². The van der Waals surface area contributed by atoms with Gasteiger partial charge in [-0.1, -0.05) is 20.8 Å². The lowest BCUT2D eigenvalue weighted by atomic mass is 9.98. The minimum absolute atomic E-state index is 0.0440. The van der Waals surface area contributed by atoms with Crippen LogP contribution in [0.5, 0.6) is 0 Å². The van der Waals surface area contributed by atoms with E-state index in [1.165, 1.54) is 0 Å². The van der Waals surface area contributed by atoms with Crippen LogP contribution in [0, 0.1) is 0 Å². The molecule has 2 heterocycles. The molecular weight excluding hydrogens is 248 g/mol. The number of carbonyl (C=O) groups excluding carboxylic acids is 1. The number of carbonyl (C=O) groups is 1. The Morgan fingerprint density at radius 2 is 2.22 bits per heavy atom. The topological polar surface area (TPSA) is 53.4 Å². The molecule has 0 bridgehead atoms. The molecule has 0 unspecified atom stereocenters. The van der Waals surface area contributed by atoms with Crippen LogP contribution in [0.25, 0.3) is 6.08 Å². The monoisotopic (exact) mass is 266 g/mol. The summed E-state index contributed by atoms with van der Waals surface area (Å²) in [6, 6.07) is 0. The van der Waals surface area contributed by atoms with Gasteiger partial charge in [0.15, 0.2) is 0 Å². The lowest BCUT2D eigenvalue weighted by molar-refractivity contribution is -0.135. The van der Waals surface area contributed by atoms with E-state index in [2.05, 4.69) is 25.8 Å². The Hall–Kier alpha value is -1.20. The van der Waals surface area contributed by atoms with E-state index in [1.807, 2.05) is 0 Å². The van der Waals surface area contributed by atoms with Gasteiger partial charge in [-0.05, 0) is 6.08 Å². The maximum absolute atomic E-state index is 11.7. The molecule has 18 heavy (non-hydrogen) atoms. The fourth-order valence-corrected chi connectivity index (χ4v) is 2.48. The third-order valence-corrected chi connectivity index (χ3v) is 4.12. The summed E-state index contributed by atoms with van der Waals surface area (Å²) in [7, 11) is 0. The van der Waals surface area contributed by atoms with Gasteiger partial charge >= 0.3 is 0 Å². The van der Waals surface area contributed by atoms with Crippen LogP contribution < -0.4 is 0 Å². The van der Waals surface area contributed by atoms with Gasteiger partial charge in [-0.3, -0.25) is 4.79 Å². The van der Waals surface area contributed by atoms with Crippen LogP contribution in [0.4, 0.5) is 0 Å². The molecule has 0 saturated carbocycles. The largest absolute Gasteiger partial charge is 0.389 e. The summed E-state index contributed by atoms with van der Waals surface area (Å²) in [5, 5.41) is 10.2. The molecular formula is C13H18N2O2S. The minimum Gasteiger partial charge on any atom is -0.389 e. The van der Waals surface area contributed by atoms with Crippen LogP contribution in [-0.2, 0) is 10.2 Å². The maximum Gasteiger partial charge on any atom is 0.246 e. The average molecular weight is 266 g/mol. The molecule has 0 radical (unpaired) electrons. The van der Waals surface area contributed by atoms with E-state index in [0.717, 1.165) is 9.88 Å². The number of likely N-dealkylation sites (tertiary alicyclic amines) is 1. The summed E-state index contributed by atoms with van der Waals surface area (Å²) < 4.78 is 0. The van der Waals surface area contributed by atoms with Gasteiger partial charge in [-0.25, -0.2) is 4.98 Å². The Labute approximate surface area is 111 Å². The fraction of sp³-hybridized carbons (Fsp3) is 0.538. The SMILES string of the molecule is CC(C)(C)c1ncc(/C=C/C(=O)N2CC(O)C2)s1. The second kappa shape index (κ2) is 4.82. The molecule has 1 amide bonds. The zero-order valence-electron chi connectivity index (χ0n) is 10.9. The highest BCUT2D eigenvalue weighted by Crippen LogP contribution is 2.27. The molecule has 1 fully saturated rings. The van der Waals surface area contributed by atoms with E-state index in [4.69, 9.17) is 5.11 Å². The van der Waals surface area contributed by atoms with Crippen molar-refractivity contribution in [3.05, 3.63) is 22.2 Å². The molecule has 1 aromatic rings. The molecule has 1 saturated heterocycles. The molecule has 0 atom stereocenters. The van der Waals surface area contributed by atoms with Gasteiger partial charge in [0.25, 0.3) is 0 Å². The molecule has 1 aromatic heterocycles. The van der Waals surface area contributed by atoms with Crippen LogP contribution in [0.2, 0.25) is 0 Å². The quantitative estimate of drug-likeness (QED) is 0.828. The van der Waals surface area contributed by atoms with Crippen LogP contribution in [-0.4, -0.2) is 40.1 Å². The second-order valence-electron chi connectivity index (χ2n) is 5.55. The van der Waals surface area contributed by atoms with Crippen molar-refractivity contribution in [3.63, 3.8) is 0 Å². The fourth-order valence-electron chi connectivity index (χ4n) is 1.60. The summed E-state index contributed by atoms with van der Waals surface area (Å²) in [6.45, 7) is 7.24. The van der Waals surface area contributed by atoms with E-state index in [1.54, 1.807) is 34.6 Å². The Bertz CT molecular complexity index is 468. The highest BCUT2D eigenvalue weighted by molar-refractivity contribution is 7.12. The number of thiazole rings is 1. The summed E-state index contributed by atoms with van der Waals surface area (Å²) >= 11 is 1.60. The first-order valence-electron chi connectivity index (χ1n) is 5.97. The Balaban J connectivity index is 1.97. The first-order chi connectivity index (χ1) is 8.36. The zero-order chi connectivity index (χ0) is 13.3. The van der Waals surface area contributed by atoms with Gasteiger partial charge in [0, 0.05) is 35.7 Å². The van der Waals surface area contributed by atoms with Gasteiger partial charge in [-0.2, -0.15) is 0 Å². The van der Waals surface area contributed by atoms with Gasteiger partial charge in [0.1, 0.15) is 0 Å². The lowest BCUT2D eigenvalue weighted by Gasteiger charge is -2.34. The van der Waals surface area contributed by atoms with Crippen molar-refractivity contribution in [3.8, 4) is 0 Å². The Morgan fingerprint density at radius 1 is 1.56 bits per heavy atom. The number of aromatic nitrogens is 1. The number of β-amino-alcohol motifs (C(OH)–C–C–N with tert-alkyl or cyclic N) is 1.